The summed E-state index contributed by atoms with van der Waals surface area (Å²) in [6.07, 6.45) is 2.25. The van der Waals surface area contributed by atoms with Crippen molar-refractivity contribution in [1.29, 1.82) is 0 Å². The van der Waals surface area contributed by atoms with Gasteiger partial charge in [-0.2, -0.15) is 4.31 Å². The summed E-state index contributed by atoms with van der Waals surface area (Å²) in [6, 6.07) is 12.9. The van der Waals surface area contributed by atoms with Crippen molar-refractivity contribution >= 4 is 26.9 Å². The molecule has 2 aliphatic rings. The van der Waals surface area contributed by atoms with Crippen molar-refractivity contribution in [2.24, 2.45) is 0 Å². The highest BCUT2D eigenvalue weighted by molar-refractivity contribution is 7.89. The highest BCUT2D eigenvalue weighted by Gasteiger charge is 2.33. The Morgan fingerprint density at radius 1 is 1.09 bits per heavy atom. The van der Waals surface area contributed by atoms with E-state index in [1.807, 2.05) is 0 Å². The third kappa shape index (κ3) is 6.92. The molecular formula is C30H34N2O10S. The van der Waals surface area contributed by atoms with Crippen LogP contribution in [0.2, 0.25) is 0 Å². The average Bonchev–Trinajstić information content (AvgIpc) is 3.04. The number of hydrogen-bond donors (Lipinski definition) is 1. The summed E-state index contributed by atoms with van der Waals surface area (Å²) in [5.74, 6) is -0.364. The molecule has 2 aliphatic heterocycles. The maximum absolute atomic E-state index is 13.4. The van der Waals surface area contributed by atoms with Crippen molar-refractivity contribution in [1.82, 2.24) is 9.21 Å². The first-order chi connectivity index (χ1) is 20.8. The molecule has 1 amide bonds. The van der Waals surface area contributed by atoms with Gasteiger partial charge in [-0.05, 0) is 42.5 Å². The molecule has 1 saturated heterocycles. The molecule has 0 saturated carbocycles. The number of carbonyl (C=O) groups is 1. The molecule has 1 fully saturated rings. The van der Waals surface area contributed by atoms with Crippen LogP contribution in [0.1, 0.15) is 17.9 Å². The normalized spacial score (nSPS) is 19.2. The maximum Gasteiger partial charge on any atom is 0.288 e. The molecule has 2 unspecified atom stereocenters. The van der Waals surface area contributed by atoms with E-state index in [9.17, 15) is 23.1 Å². The number of para-hydroxylation sites is 1. The zero-order valence-corrected chi connectivity index (χ0v) is 24.5. The Hall–Kier alpha value is -3.75. The molecule has 13 heteroatoms. The second kappa shape index (κ2) is 13.7. The van der Waals surface area contributed by atoms with Crippen LogP contribution >= 0.6 is 0 Å². The van der Waals surface area contributed by atoms with Crippen LogP contribution in [0.15, 0.2) is 80.7 Å². The van der Waals surface area contributed by atoms with Crippen molar-refractivity contribution < 1.29 is 41.7 Å². The van der Waals surface area contributed by atoms with E-state index in [0.29, 0.717) is 48.6 Å². The van der Waals surface area contributed by atoms with Gasteiger partial charge in [-0.3, -0.25) is 9.59 Å². The number of methoxy groups -OCH3 is 1. The Morgan fingerprint density at radius 3 is 2.56 bits per heavy atom. The zero-order chi connectivity index (χ0) is 30.4. The fourth-order valence-electron chi connectivity index (χ4n) is 5.05. The SMILES string of the molecule is COc1ccc(S(=O)(=O)N(CCO)CCOC2CC(c3coc4ccccc4c3=O)C=C(C(=O)N3CCOCC3)O2)cc1. The summed E-state index contributed by atoms with van der Waals surface area (Å²) >= 11 is 0. The van der Waals surface area contributed by atoms with Crippen LogP contribution in [0.3, 0.4) is 0 Å². The van der Waals surface area contributed by atoms with E-state index in [4.69, 9.17) is 23.4 Å². The van der Waals surface area contributed by atoms with Crippen LogP contribution in [0.4, 0.5) is 0 Å². The van der Waals surface area contributed by atoms with Crippen LogP contribution in [0, 0.1) is 0 Å². The summed E-state index contributed by atoms with van der Waals surface area (Å²) in [5, 5.41) is 9.99. The lowest BCUT2D eigenvalue weighted by atomic mass is 9.93. The summed E-state index contributed by atoms with van der Waals surface area (Å²) in [6.45, 7) is 0.868. The van der Waals surface area contributed by atoms with Crippen LogP contribution < -0.4 is 10.2 Å². The largest absolute Gasteiger partial charge is 0.497 e. The number of allylic oxidation sites excluding steroid dienone is 1. The quantitative estimate of drug-likeness (QED) is 0.341. The van der Waals surface area contributed by atoms with Crippen molar-refractivity contribution in [2.75, 3.05) is 59.7 Å². The minimum absolute atomic E-state index is 0.0359. The predicted octanol–water partition coefficient (Wildman–Crippen LogP) is 2.07. The van der Waals surface area contributed by atoms with Crippen LogP contribution in [-0.2, 0) is 29.0 Å². The minimum Gasteiger partial charge on any atom is -0.497 e. The second-order valence-corrected chi connectivity index (χ2v) is 12.0. The first-order valence-corrected chi connectivity index (χ1v) is 15.4. The number of aliphatic hydroxyl groups is 1. The van der Waals surface area contributed by atoms with E-state index in [-0.39, 0.29) is 48.1 Å². The lowest BCUT2D eigenvalue weighted by molar-refractivity contribution is -0.155. The Morgan fingerprint density at radius 2 is 1.84 bits per heavy atom. The Labute approximate surface area is 249 Å². The number of amides is 1. The monoisotopic (exact) mass is 614 g/mol. The van der Waals surface area contributed by atoms with Gasteiger partial charge in [0.2, 0.25) is 16.3 Å². The smallest absolute Gasteiger partial charge is 0.288 e. The van der Waals surface area contributed by atoms with Crippen molar-refractivity contribution in [3.8, 4) is 5.75 Å². The van der Waals surface area contributed by atoms with Gasteiger partial charge in [-0.1, -0.05) is 12.1 Å². The Kier molecular flexibility index (Phi) is 9.78. The number of rotatable bonds is 11. The molecule has 3 heterocycles. The molecule has 1 aromatic heterocycles. The standard InChI is InChI=1S/C30H34N2O10S/c1-38-22-6-8-23(9-7-22)43(36,37)32(10-14-33)13-17-40-28-19-21(18-27(42-28)30(35)31-11-15-39-16-12-31)25-20-41-26-5-3-2-4-24(26)29(25)34/h2-9,18,20-21,28,33H,10-17,19H2,1H3. The maximum atomic E-state index is 13.4. The summed E-state index contributed by atoms with van der Waals surface area (Å²) in [4.78, 5) is 28.4. The molecule has 0 radical (unpaired) electrons. The van der Waals surface area contributed by atoms with Gasteiger partial charge in [-0.25, -0.2) is 8.42 Å². The molecule has 2 aromatic carbocycles. The number of ether oxygens (including phenoxy) is 4. The summed E-state index contributed by atoms with van der Waals surface area (Å²) in [7, 11) is -2.47. The molecule has 2 atom stereocenters. The van der Waals surface area contributed by atoms with Gasteiger partial charge >= 0.3 is 0 Å². The van der Waals surface area contributed by atoms with Crippen molar-refractivity contribution in [3.63, 3.8) is 0 Å². The second-order valence-electron chi connectivity index (χ2n) is 10.0. The van der Waals surface area contributed by atoms with E-state index in [1.54, 1.807) is 47.4 Å². The zero-order valence-electron chi connectivity index (χ0n) is 23.7. The Balaban J connectivity index is 1.35. The Bertz CT molecular complexity index is 1610. The minimum atomic E-state index is -3.95. The highest BCUT2D eigenvalue weighted by Crippen LogP contribution is 2.32. The molecule has 12 nitrogen and oxygen atoms in total. The van der Waals surface area contributed by atoms with E-state index in [2.05, 4.69) is 0 Å². The van der Waals surface area contributed by atoms with E-state index in [1.165, 1.54) is 25.5 Å². The molecule has 5 rings (SSSR count). The molecule has 1 N–H and O–H groups in total. The first-order valence-electron chi connectivity index (χ1n) is 13.9. The third-order valence-electron chi connectivity index (χ3n) is 7.36. The highest BCUT2D eigenvalue weighted by atomic mass is 32.2. The molecule has 0 bridgehead atoms. The number of aliphatic hydroxyl groups excluding tert-OH is 1. The van der Waals surface area contributed by atoms with Crippen LogP contribution in [0.5, 0.6) is 5.75 Å². The van der Waals surface area contributed by atoms with E-state index < -0.39 is 28.8 Å². The molecule has 43 heavy (non-hydrogen) atoms. The number of benzene rings is 2. The number of hydrogen-bond acceptors (Lipinski definition) is 10. The summed E-state index contributed by atoms with van der Waals surface area (Å²) in [5.41, 5.74) is 0.584. The number of carbonyl (C=O) groups excluding carboxylic acids is 1. The number of morpholine rings is 1. The van der Waals surface area contributed by atoms with Crippen LogP contribution in [-0.4, -0.2) is 94.6 Å². The molecule has 0 spiro atoms. The van der Waals surface area contributed by atoms with E-state index in [0.717, 1.165) is 4.31 Å². The lowest BCUT2D eigenvalue weighted by Gasteiger charge is -2.33. The molecular weight excluding hydrogens is 580 g/mol. The molecule has 3 aromatic rings. The average molecular weight is 615 g/mol. The summed E-state index contributed by atoms with van der Waals surface area (Å²) < 4.78 is 55.8. The molecule has 230 valence electrons. The van der Waals surface area contributed by atoms with Gasteiger partial charge in [0.25, 0.3) is 5.91 Å². The lowest BCUT2D eigenvalue weighted by Crippen LogP contribution is -2.43. The number of fused-ring (bicyclic) bond motifs is 1. The van der Waals surface area contributed by atoms with Gasteiger partial charge < -0.3 is 33.4 Å². The van der Waals surface area contributed by atoms with Gasteiger partial charge in [0.15, 0.2) is 11.2 Å². The third-order valence-corrected chi connectivity index (χ3v) is 9.28. The van der Waals surface area contributed by atoms with Crippen molar-refractivity contribution in [3.05, 3.63) is 82.4 Å². The predicted molar refractivity (Wildman–Crippen MR) is 155 cm³/mol. The topological polar surface area (TPSA) is 145 Å². The molecule has 0 aliphatic carbocycles. The number of sulfonamides is 1. The van der Waals surface area contributed by atoms with Crippen LogP contribution in [0.25, 0.3) is 11.0 Å². The van der Waals surface area contributed by atoms with Gasteiger partial charge in [0.1, 0.15) is 11.3 Å². The van der Waals surface area contributed by atoms with E-state index >= 15 is 0 Å². The van der Waals surface area contributed by atoms with Crippen molar-refractivity contribution in [2.45, 2.75) is 23.5 Å². The number of nitrogens with zero attached hydrogens (tertiary/aromatic N) is 2. The fourth-order valence-corrected chi connectivity index (χ4v) is 6.46. The first kappa shape index (κ1) is 30.7. The van der Waals surface area contributed by atoms with Gasteiger partial charge in [0.05, 0.1) is 50.1 Å². The van der Waals surface area contributed by atoms with Gasteiger partial charge in [0, 0.05) is 44.1 Å². The van der Waals surface area contributed by atoms with Gasteiger partial charge in [-0.15, -0.1) is 0 Å². The fraction of sp³-hybridized carbons (Fsp3) is 0.400.